The summed E-state index contributed by atoms with van der Waals surface area (Å²) < 4.78 is 21.6. The van der Waals surface area contributed by atoms with Crippen molar-refractivity contribution in [3.05, 3.63) is 0 Å². The number of Topliss-reactive ketones (excluding diaryl/α,β-unsaturated/α-hetero) is 1. The Morgan fingerprint density at radius 2 is 1.93 bits per heavy atom. The van der Waals surface area contributed by atoms with Crippen LogP contribution in [0.4, 0.5) is 0 Å². The first kappa shape index (κ1) is 12.6. The summed E-state index contributed by atoms with van der Waals surface area (Å²) in [6.45, 7) is 0.320. The van der Waals surface area contributed by atoms with Crippen LogP contribution in [0, 0.1) is 0 Å². The van der Waals surface area contributed by atoms with Gasteiger partial charge < -0.3 is 5.32 Å². The number of carbonyl (C=O) groups is 1. The highest BCUT2D eigenvalue weighted by Gasteiger charge is 2.15. The number of sulfone groups is 1. The van der Waals surface area contributed by atoms with Crippen molar-refractivity contribution in [1.29, 1.82) is 0 Å². The van der Waals surface area contributed by atoms with E-state index in [1.165, 1.54) is 12.8 Å². The predicted octanol–water partition coefficient (Wildman–Crippen LogP) is 0.522. The molecule has 1 saturated carbocycles. The first-order valence-corrected chi connectivity index (χ1v) is 7.46. The molecule has 0 spiro atoms. The lowest BCUT2D eigenvalue weighted by Crippen LogP contribution is -2.32. The van der Waals surface area contributed by atoms with Gasteiger partial charge in [-0.05, 0) is 12.8 Å². The normalized spacial score (nSPS) is 18.2. The van der Waals surface area contributed by atoms with Crippen molar-refractivity contribution in [3.8, 4) is 0 Å². The van der Waals surface area contributed by atoms with E-state index in [1.807, 2.05) is 0 Å². The van der Waals surface area contributed by atoms with Crippen LogP contribution in [-0.2, 0) is 14.6 Å². The Kier molecular flexibility index (Phi) is 4.73. The summed E-state index contributed by atoms with van der Waals surface area (Å²) in [7, 11) is -3.01. The fourth-order valence-electron chi connectivity index (χ4n) is 1.78. The number of rotatable bonds is 6. The van der Waals surface area contributed by atoms with Gasteiger partial charge in [0.15, 0.2) is 0 Å². The van der Waals surface area contributed by atoms with Crippen LogP contribution >= 0.6 is 0 Å². The molecule has 0 atom stereocenters. The second-order valence-electron chi connectivity index (χ2n) is 4.28. The van der Waals surface area contributed by atoms with Crippen molar-refractivity contribution in [2.75, 3.05) is 18.6 Å². The van der Waals surface area contributed by atoms with E-state index in [4.69, 9.17) is 0 Å². The minimum Gasteiger partial charge on any atom is -0.307 e. The Morgan fingerprint density at radius 1 is 1.33 bits per heavy atom. The van der Waals surface area contributed by atoms with E-state index in [0.717, 1.165) is 19.1 Å². The van der Waals surface area contributed by atoms with Crippen molar-refractivity contribution in [2.24, 2.45) is 0 Å². The lowest BCUT2D eigenvalue weighted by Gasteiger charge is -2.10. The molecule has 1 N–H and O–H groups in total. The Morgan fingerprint density at radius 3 is 2.47 bits per heavy atom. The largest absolute Gasteiger partial charge is 0.307 e. The molecular formula is C10H19NO3S. The Hall–Kier alpha value is -0.420. The van der Waals surface area contributed by atoms with Gasteiger partial charge >= 0.3 is 0 Å². The van der Waals surface area contributed by atoms with Crippen LogP contribution in [0.15, 0.2) is 0 Å². The molecule has 0 heterocycles. The van der Waals surface area contributed by atoms with E-state index in [2.05, 4.69) is 5.32 Å². The first-order chi connectivity index (χ1) is 6.97. The average molecular weight is 233 g/mol. The van der Waals surface area contributed by atoms with Gasteiger partial charge in [0.05, 0.1) is 12.3 Å². The molecule has 0 saturated heterocycles. The lowest BCUT2D eigenvalue weighted by molar-refractivity contribution is -0.118. The maximum absolute atomic E-state index is 11.3. The molecule has 0 aromatic heterocycles. The maximum Gasteiger partial charge on any atom is 0.147 e. The molecule has 1 aliphatic carbocycles. The molecule has 4 nitrogen and oxygen atoms in total. The summed E-state index contributed by atoms with van der Waals surface area (Å²) in [6.07, 6.45) is 6.03. The van der Waals surface area contributed by atoms with Gasteiger partial charge in [0.1, 0.15) is 15.6 Å². The van der Waals surface area contributed by atoms with Gasteiger partial charge in [-0.3, -0.25) is 4.79 Å². The van der Waals surface area contributed by atoms with E-state index in [9.17, 15) is 13.2 Å². The molecule has 0 aromatic rings. The molecule has 0 unspecified atom stereocenters. The smallest absolute Gasteiger partial charge is 0.147 e. The van der Waals surface area contributed by atoms with E-state index >= 15 is 0 Å². The molecular weight excluding hydrogens is 214 g/mol. The Balaban J connectivity index is 2.13. The monoisotopic (exact) mass is 233 g/mol. The third-order valence-corrected chi connectivity index (χ3v) is 3.64. The Labute approximate surface area is 91.4 Å². The van der Waals surface area contributed by atoms with Gasteiger partial charge in [-0.2, -0.15) is 0 Å². The van der Waals surface area contributed by atoms with E-state index in [1.54, 1.807) is 0 Å². The van der Waals surface area contributed by atoms with Crippen LogP contribution in [0.2, 0.25) is 0 Å². The molecule has 15 heavy (non-hydrogen) atoms. The van der Waals surface area contributed by atoms with E-state index in [-0.39, 0.29) is 18.0 Å². The number of hydrogen-bond donors (Lipinski definition) is 1. The van der Waals surface area contributed by atoms with Crippen LogP contribution in [0.1, 0.15) is 32.1 Å². The first-order valence-electron chi connectivity index (χ1n) is 5.40. The fraction of sp³-hybridized carbons (Fsp3) is 0.900. The molecule has 0 amide bonds. The highest BCUT2D eigenvalue weighted by molar-refractivity contribution is 7.90. The quantitative estimate of drug-likeness (QED) is 0.726. The van der Waals surface area contributed by atoms with Gasteiger partial charge in [-0.15, -0.1) is 0 Å². The van der Waals surface area contributed by atoms with Gasteiger partial charge in [0, 0.05) is 18.7 Å². The van der Waals surface area contributed by atoms with Gasteiger partial charge in [0.25, 0.3) is 0 Å². The summed E-state index contributed by atoms with van der Waals surface area (Å²) in [4.78, 5) is 11.3. The van der Waals surface area contributed by atoms with Crippen LogP contribution in [0.3, 0.4) is 0 Å². The molecule has 0 radical (unpaired) electrons. The van der Waals surface area contributed by atoms with Crippen molar-refractivity contribution >= 4 is 15.6 Å². The predicted molar refractivity (Wildman–Crippen MR) is 59.6 cm³/mol. The SMILES string of the molecule is CS(=O)(=O)CCC(=O)CNC1CCCC1. The highest BCUT2D eigenvalue weighted by atomic mass is 32.2. The number of ketones is 1. The summed E-state index contributed by atoms with van der Waals surface area (Å²) in [5, 5.41) is 3.17. The zero-order chi connectivity index (χ0) is 11.3. The minimum atomic E-state index is -3.01. The van der Waals surface area contributed by atoms with Crippen molar-refractivity contribution < 1.29 is 13.2 Å². The van der Waals surface area contributed by atoms with Gasteiger partial charge in [-0.25, -0.2) is 8.42 Å². The summed E-state index contributed by atoms with van der Waals surface area (Å²) in [5.74, 6) is -0.0367. The fourth-order valence-corrected chi connectivity index (χ4v) is 2.37. The molecule has 5 heteroatoms. The van der Waals surface area contributed by atoms with E-state index in [0.29, 0.717) is 12.6 Å². The van der Waals surface area contributed by atoms with Crippen molar-refractivity contribution in [3.63, 3.8) is 0 Å². The molecule has 1 rings (SSSR count). The van der Waals surface area contributed by atoms with Crippen LogP contribution in [0.25, 0.3) is 0 Å². The summed E-state index contributed by atoms with van der Waals surface area (Å²) in [6, 6.07) is 0.465. The zero-order valence-corrected chi connectivity index (χ0v) is 9.98. The second-order valence-corrected chi connectivity index (χ2v) is 6.54. The van der Waals surface area contributed by atoms with E-state index < -0.39 is 9.84 Å². The average Bonchev–Trinajstić information content (AvgIpc) is 2.62. The molecule has 1 fully saturated rings. The molecule has 0 bridgehead atoms. The summed E-state index contributed by atoms with van der Waals surface area (Å²) in [5.41, 5.74) is 0. The zero-order valence-electron chi connectivity index (χ0n) is 9.16. The Bertz CT molecular complexity index is 305. The molecule has 0 aromatic carbocycles. The number of hydrogen-bond acceptors (Lipinski definition) is 4. The third kappa shape index (κ3) is 5.89. The number of carbonyl (C=O) groups excluding carboxylic acids is 1. The molecule has 88 valence electrons. The maximum atomic E-state index is 11.3. The molecule has 1 aliphatic rings. The lowest BCUT2D eigenvalue weighted by atomic mass is 10.2. The van der Waals surface area contributed by atoms with Gasteiger partial charge in [0.2, 0.25) is 0 Å². The summed E-state index contributed by atoms with van der Waals surface area (Å²) >= 11 is 0. The second kappa shape index (κ2) is 5.61. The van der Waals surface area contributed by atoms with Crippen molar-refractivity contribution in [2.45, 2.75) is 38.1 Å². The van der Waals surface area contributed by atoms with Crippen LogP contribution in [-0.4, -0.2) is 38.8 Å². The van der Waals surface area contributed by atoms with Crippen LogP contribution < -0.4 is 5.32 Å². The van der Waals surface area contributed by atoms with Crippen LogP contribution in [0.5, 0.6) is 0 Å². The third-order valence-electron chi connectivity index (χ3n) is 2.69. The highest BCUT2D eigenvalue weighted by Crippen LogP contribution is 2.17. The van der Waals surface area contributed by atoms with Gasteiger partial charge in [-0.1, -0.05) is 12.8 Å². The topological polar surface area (TPSA) is 63.2 Å². The van der Waals surface area contributed by atoms with Crippen molar-refractivity contribution in [1.82, 2.24) is 5.32 Å². The minimum absolute atomic E-state index is 0.00711. The molecule has 0 aliphatic heterocycles. The standard InChI is InChI=1S/C10H19NO3S/c1-15(13,14)7-6-10(12)8-11-9-4-2-3-5-9/h9,11H,2-8H2,1H3. The number of nitrogens with one attached hydrogen (secondary N) is 1.